The van der Waals surface area contributed by atoms with Crippen LogP contribution < -0.4 is 0 Å². The lowest BCUT2D eigenvalue weighted by atomic mass is 9.85. The molecule has 0 bridgehead atoms. The summed E-state index contributed by atoms with van der Waals surface area (Å²) in [5.41, 5.74) is 7.22. The zero-order valence-electron chi connectivity index (χ0n) is 9.89. The lowest BCUT2D eigenvalue weighted by Crippen LogP contribution is -2.23. The van der Waals surface area contributed by atoms with Crippen molar-refractivity contribution in [2.75, 3.05) is 14.1 Å². The number of hydrogen-bond acceptors (Lipinski definition) is 2. The fourth-order valence-electron chi connectivity index (χ4n) is 1.82. The third-order valence-corrected chi connectivity index (χ3v) is 3.07. The molecule has 0 aromatic heterocycles. The molecule has 0 radical (unpaired) electrons. The molecule has 2 nitrogen and oxygen atoms in total. The largest absolute Gasteiger partial charge is 0.286 e. The van der Waals surface area contributed by atoms with Crippen LogP contribution in [0.25, 0.3) is 0 Å². The summed E-state index contributed by atoms with van der Waals surface area (Å²) in [6, 6.07) is 0. The maximum Gasteiger partial charge on any atom is 0.0857 e. The number of allylic oxidation sites excluding steroid dienone is 4. The molecule has 0 saturated carbocycles. The monoisotopic (exact) mass is 190 g/mol. The van der Waals surface area contributed by atoms with Gasteiger partial charge in [-0.2, -0.15) is 0 Å². The minimum absolute atomic E-state index is 1.04. The van der Waals surface area contributed by atoms with Gasteiger partial charge in [-0.25, -0.2) is 0 Å². The summed E-state index contributed by atoms with van der Waals surface area (Å²) >= 11 is 0. The second kappa shape index (κ2) is 3.91. The van der Waals surface area contributed by atoms with Gasteiger partial charge in [-0.15, -0.1) is 0 Å². The summed E-state index contributed by atoms with van der Waals surface area (Å²) in [7, 11) is 3.65. The van der Waals surface area contributed by atoms with Gasteiger partial charge in [0, 0.05) is 14.1 Å². The van der Waals surface area contributed by atoms with E-state index in [1.54, 1.807) is 0 Å². The molecular formula is C12H18N2. The molecule has 0 saturated heterocycles. The zero-order chi connectivity index (χ0) is 10.9. The molecule has 0 atom stereocenters. The van der Waals surface area contributed by atoms with Crippen molar-refractivity contribution >= 4 is 11.4 Å². The van der Waals surface area contributed by atoms with Gasteiger partial charge in [0.25, 0.3) is 0 Å². The van der Waals surface area contributed by atoms with Crippen LogP contribution in [0, 0.1) is 0 Å². The summed E-state index contributed by atoms with van der Waals surface area (Å²) in [5.74, 6) is 0. The number of rotatable bonds is 0. The number of aliphatic imine (C=N–C) groups is 2. The van der Waals surface area contributed by atoms with Gasteiger partial charge in [0.15, 0.2) is 0 Å². The van der Waals surface area contributed by atoms with Crippen LogP contribution in [-0.2, 0) is 0 Å². The quantitative estimate of drug-likeness (QED) is 0.525. The highest BCUT2D eigenvalue weighted by Crippen LogP contribution is 2.26. The molecule has 0 fully saturated rings. The lowest BCUT2D eigenvalue weighted by molar-refractivity contribution is 1.22. The molecule has 1 aliphatic rings. The molecule has 0 unspecified atom stereocenters. The smallest absolute Gasteiger partial charge is 0.0857 e. The Morgan fingerprint density at radius 3 is 1.07 bits per heavy atom. The second-order valence-electron chi connectivity index (χ2n) is 3.64. The first-order valence-electron chi connectivity index (χ1n) is 4.84. The maximum absolute atomic E-state index is 4.31. The van der Waals surface area contributed by atoms with E-state index < -0.39 is 0 Å². The fraction of sp³-hybridized carbons (Fsp3) is 0.500. The van der Waals surface area contributed by atoms with Crippen molar-refractivity contribution in [1.29, 1.82) is 0 Å². The molecule has 1 aliphatic carbocycles. The van der Waals surface area contributed by atoms with Crippen molar-refractivity contribution in [2.45, 2.75) is 27.7 Å². The summed E-state index contributed by atoms with van der Waals surface area (Å²) in [6.45, 7) is 8.51. The lowest BCUT2D eigenvalue weighted by Gasteiger charge is -2.21. The molecule has 0 spiro atoms. The Morgan fingerprint density at radius 2 is 0.857 bits per heavy atom. The van der Waals surface area contributed by atoms with Crippen LogP contribution in [0.15, 0.2) is 32.3 Å². The molecule has 0 aromatic rings. The van der Waals surface area contributed by atoms with Crippen molar-refractivity contribution in [3.8, 4) is 0 Å². The molecule has 0 amide bonds. The Bertz CT molecular complexity index is 333. The predicted octanol–water partition coefficient (Wildman–Crippen LogP) is 2.81. The molecule has 0 aromatic carbocycles. The van der Waals surface area contributed by atoms with Gasteiger partial charge in [-0.05, 0) is 50.0 Å². The average Bonchev–Trinajstić information content (AvgIpc) is 2.20. The maximum atomic E-state index is 4.31. The Labute approximate surface area is 86.2 Å². The van der Waals surface area contributed by atoms with E-state index in [4.69, 9.17) is 0 Å². The van der Waals surface area contributed by atoms with E-state index in [1.165, 1.54) is 22.3 Å². The Balaban J connectivity index is 3.47. The molecule has 0 heterocycles. The normalized spacial score (nSPS) is 24.1. The van der Waals surface area contributed by atoms with Gasteiger partial charge >= 0.3 is 0 Å². The minimum atomic E-state index is 1.04. The molecular weight excluding hydrogens is 172 g/mol. The SMILES string of the molecule is CN=C1C(=NC)C(C)=C(C)C(C)=C1C. The van der Waals surface area contributed by atoms with Gasteiger partial charge in [0.05, 0.1) is 11.4 Å². The highest BCUT2D eigenvalue weighted by molar-refractivity contribution is 6.54. The summed E-state index contributed by atoms with van der Waals surface area (Å²) in [4.78, 5) is 8.62. The van der Waals surface area contributed by atoms with E-state index in [1.807, 2.05) is 14.1 Å². The fourth-order valence-corrected chi connectivity index (χ4v) is 1.82. The predicted molar refractivity (Wildman–Crippen MR) is 63.5 cm³/mol. The third-order valence-electron chi connectivity index (χ3n) is 3.07. The van der Waals surface area contributed by atoms with Crippen LogP contribution in [0.4, 0.5) is 0 Å². The van der Waals surface area contributed by atoms with Gasteiger partial charge in [-0.1, -0.05) is 0 Å². The first kappa shape index (κ1) is 10.9. The van der Waals surface area contributed by atoms with E-state index >= 15 is 0 Å². The van der Waals surface area contributed by atoms with Gasteiger partial charge < -0.3 is 0 Å². The molecule has 14 heavy (non-hydrogen) atoms. The zero-order valence-corrected chi connectivity index (χ0v) is 9.89. The number of hydrogen-bond donors (Lipinski definition) is 0. The van der Waals surface area contributed by atoms with Gasteiger partial charge in [-0.3, -0.25) is 9.98 Å². The van der Waals surface area contributed by atoms with Gasteiger partial charge in [0.1, 0.15) is 0 Å². The van der Waals surface area contributed by atoms with Crippen LogP contribution in [0.1, 0.15) is 27.7 Å². The van der Waals surface area contributed by atoms with E-state index in [9.17, 15) is 0 Å². The van der Waals surface area contributed by atoms with Crippen LogP contribution in [0.5, 0.6) is 0 Å². The van der Waals surface area contributed by atoms with Crippen molar-refractivity contribution in [3.05, 3.63) is 22.3 Å². The molecule has 2 heteroatoms. The van der Waals surface area contributed by atoms with Crippen LogP contribution in [0.3, 0.4) is 0 Å². The molecule has 1 rings (SSSR count). The first-order valence-corrected chi connectivity index (χ1v) is 4.84. The van der Waals surface area contributed by atoms with E-state index in [0.29, 0.717) is 0 Å². The van der Waals surface area contributed by atoms with Crippen LogP contribution >= 0.6 is 0 Å². The Hall–Kier alpha value is -1.18. The van der Waals surface area contributed by atoms with Crippen molar-refractivity contribution < 1.29 is 0 Å². The summed E-state index contributed by atoms with van der Waals surface area (Å²) < 4.78 is 0. The summed E-state index contributed by atoms with van der Waals surface area (Å²) in [6.07, 6.45) is 0. The highest BCUT2D eigenvalue weighted by Gasteiger charge is 2.21. The third kappa shape index (κ3) is 1.45. The number of nitrogens with zero attached hydrogens (tertiary/aromatic N) is 2. The van der Waals surface area contributed by atoms with Crippen molar-refractivity contribution in [3.63, 3.8) is 0 Å². The molecule has 0 aliphatic heterocycles. The molecule has 76 valence electrons. The molecule has 0 N–H and O–H groups in total. The topological polar surface area (TPSA) is 24.7 Å². The Morgan fingerprint density at radius 1 is 0.571 bits per heavy atom. The van der Waals surface area contributed by atoms with Crippen LogP contribution in [0.2, 0.25) is 0 Å². The van der Waals surface area contributed by atoms with Crippen molar-refractivity contribution in [1.82, 2.24) is 0 Å². The average molecular weight is 190 g/mol. The van der Waals surface area contributed by atoms with Gasteiger partial charge in [0.2, 0.25) is 0 Å². The van der Waals surface area contributed by atoms with Crippen molar-refractivity contribution in [2.24, 2.45) is 9.98 Å². The summed E-state index contributed by atoms with van der Waals surface area (Å²) in [5, 5.41) is 0. The highest BCUT2D eigenvalue weighted by atomic mass is 14.8. The van der Waals surface area contributed by atoms with E-state index in [0.717, 1.165) is 11.4 Å². The minimum Gasteiger partial charge on any atom is -0.286 e. The standard InChI is InChI=1S/C12H18N2/c1-7-8(2)10(4)12(14-6)11(13-5)9(7)3/h1-6H3. The van der Waals surface area contributed by atoms with E-state index in [2.05, 4.69) is 37.7 Å². The van der Waals surface area contributed by atoms with Crippen LogP contribution in [-0.4, -0.2) is 25.5 Å². The Kier molecular flexibility index (Phi) is 3.04. The second-order valence-corrected chi connectivity index (χ2v) is 3.64. The first-order chi connectivity index (χ1) is 6.54. The van der Waals surface area contributed by atoms with E-state index in [-0.39, 0.29) is 0 Å².